The van der Waals surface area contributed by atoms with Crippen molar-refractivity contribution < 1.29 is 0 Å². The molecule has 0 heteroatoms. The molecule has 0 spiro atoms. The van der Waals surface area contributed by atoms with Crippen LogP contribution in [0.25, 0.3) is 55.3 Å². The van der Waals surface area contributed by atoms with Crippen molar-refractivity contribution in [1.29, 1.82) is 0 Å². The lowest BCUT2D eigenvalue weighted by molar-refractivity contribution is 1.23. The Hall–Kier alpha value is -4.42. The number of benzene rings is 6. The fraction of sp³-hybridized carbons (Fsp3) is 0.105. The first kappa shape index (κ1) is 19.7. The normalized spacial score (nSPS) is 14.4. The van der Waals surface area contributed by atoms with Gasteiger partial charge >= 0.3 is 0 Å². The van der Waals surface area contributed by atoms with Crippen LogP contribution in [0.5, 0.6) is 0 Å². The maximum atomic E-state index is 2.53. The SMILES string of the molecule is c1ccc2c(c1)Cc1cc3c(cc1-2)Cc1cc2c(cc1-3)Cc1cc3c(cc1-2)Cc1ccc2ccccc2c1-3. The van der Waals surface area contributed by atoms with Crippen molar-refractivity contribution in [1.82, 2.24) is 0 Å². The summed E-state index contributed by atoms with van der Waals surface area (Å²) in [6.07, 6.45) is 4.19. The molecule has 0 bridgehead atoms. The van der Waals surface area contributed by atoms with E-state index >= 15 is 0 Å². The summed E-state index contributed by atoms with van der Waals surface area (Å²) in [5.41, 5.74) is 23.6. The van der Waals surface area contributed by atoms with Gasteiger partial charge in [0, 0.05) is 0 Å². The van der Waals surface area contributed by atoms with E-state index in [1.165, 1.54) is 99.8 Å². The minimum absolute atomic E-state index is 1.04. The first-order valence-corrected chi connectivity index (χ1v) is 13.9. The van der Waals surface area contributed by atoms with Gasteiger partial charge in [0.2, 0.25) is 0 Å². The van der Waals surface area contributed by atoms with Gasteiger partial charge in [-0.1, -0.05) is 60.7 Å². The van der Waals surface area contributed by atoms with Gasteiger partial charge in [-0.3, -0.25) is 0 Å². The number of fused-ring (bicyclic) bond motifs is 14. The summed E-state index contributed by atoms with van der Waals surface area (Å²) in [7, 11) is 0. The first-order valence-electron chi connectivity index (χ1n) is 13.9. The van der Waals surface area contributed by atoms with Gasteiger partial charge in [-0.25, -0.2) is 0 Å². The van der Waals surface area contributed by atoms with E-state index in [-0.39, 0.29) is 0 Å². The third-order valence-corrected chi connectivity index (χ3v) is 9.68. The molecule has 0 fully saturated rings. The lowest BCUT2D eigenvalue weighted by Crippen LogP contribution is -1.87. The molecule has 0 aromatic heterocycles. The van der Waals surface area contributed by atoms with Gasteiger partial charge in [0.1, 0.15) is 0 Å². The van der Waals surface area contributed by atoms with E-state index in [0.717, 1.165) is 25.7 Å². The summed E-state index contributed by atoms with van der Waals surface area (Å²) in [5, 5.41) is 2.73. The minimum atomic E-state index is 1.04. The van der Waals surface area contributed by atoms with Gasteiger partial charge in [-0.15, -0.1) is 0 Å². The zero-order valence-electron chi connectivity index (χ0n) is 21.1. The highest BCUT2D eigenvalue weighted by Crippen LogP contribution is 2.50. The Morgan fingerprint density at radius 2 is 0.789 bits per heavy atom. The number of rotatable bonds is 0. The quantitative estimate of drug-likeness (QED) is 0.203. The monoisotopic (exact) mass is 480 g/mol. The number of hydrogen-bond acceptors (Lipinski definition) is 0. The van der Waals surface area contributed by atoms with Crippen LogP contribution in [0.4, 0.5) is 0 Å². The molecule has 0 nitrogen and oxygen atoms in total. The summed E-state index contributed by atoms with van der Waals surface area (Å²) in [6, 6.07) is 37.5. The van der Waals surface area contributed by atoms with Crippen molar-refractivity contribution in [3.05, 3.63) is 142 Å². The topological polar surface area (TPSA) is 0 Å². The van der Waals surface area contributed by atoms with Crippen LogP contribution >= 0.6 is 0 Å². The molecule has 6 aromatic rings. The lowest BCUT2D eigenvalue weighted by Gasteiger charge is -2.09. The smallest absolute Gasteiger partial charge is 0.00130 e. The zero-order valence-corrected chi connectivity index (χ0v) is 21.1. The van der Waals surface area contributed by atoms with Gasteiger partial charge in [-0.2, -0.15) is 0 Å². The Labute approximate surface area is 222 Å². The van der Waals surface area contributed by atoms with E-state index < -0.39 is 0 Å². The largest absolute Gasteiger partial charge is 0.0619 e. The van der Waals surface area contributed by atoms with Crippen LogP contribution < -0.4 is 0 Å². The van der Waals surface area contributed by atoms with E-state index in [9.17, 15) is 0 Å². The summed E-state index contributed by atoms with van der Waals surface area (Å²) in [5.74, 6) is 0. The van der Waals surface area contributed by atoms with E-state index in [2.05, 4.69) is 97.1 Å². The summed E-state index contributed by atoms with van der Waals surface area (Å²) < 4.78 is 0. The highest BCUT2D eigenvalue weighted by molar-refractivity contribution is 6.02. The molecule has 4 aliphatic carbocycles. The van der Waals surface area contributed by atoms with E-state index in [4.69, 9.17) is 0 Å². The highest BCUT2D eigenvalue weighted by Gasteiger charge is 2.30. The molecule has 0 aliphatic heterocycles. The summed E-state index contributed by atoms with van der Waals surface area (Å²) in [4.78, 5) is 0. The molecule has 6 aromatic carbocycles. The van der Waals surface area contributed by atoms with Crippen LogP contribution in [0.1, 0.15) is 44.5 Å². The van der Waals surface area contributed by atoms with Crippen LogP contribution in [0.15, 0.2) is 97.1 Å². The van der Waals surface area contributed by atoms with Crippen molar-refractivity contribution in [3.8, 4) is 44.5 Å². The molecule has 176 valence electrons. The second-order valence-corrected chi connectivity index (χ2v) is 11.7. The maximum Gasteiger partial charge on any atom is -0.00130 e. The van der Waals surface area contributed by atoms with E-state index in [1.807, 2.05) is 0 Å². The summed E-state index contributed by atoms with van der Waals surface area (Å²) in [6.45, 7) is 0. The molecule has 0 atom stereocenters. The average molecular weight is 481 g/mol. The Morgan fingerprint density at radius 1 is 0.316 bits per heavy atom. The van der Waals surface area contributed by atoms with E-state index in [1.54, 1.807) is 0 Å². The van der Waals surface area contributed by atoms with Crippen LogP contribution in [0.3, 0.4) is 0 Å². The fourth-order valence-corrected chi connectivity index (χ4v) is 7.97. The molecule has 10 rings (SSSR count). The fourth-order valence-electron chi connectivity index (χ4n) is 7.97. The molecule has 0 radical (unpaired) electrons. The minimum Gasteiger partial charge on any atom is -0.0619 e. The molecule has 0 amide bonds. The average Bonchev–Trinajstić information content (AvgIpc) is 3.68. The Balaban J connectivity index is 1.09. The Morgan fingerprint density at radius 3 is 1.47 bits per heavy atom. The molecule has 0 N–H and O–H groups in total. The molecule has 0 saturated heterocycles. The maximum absolute atomic E-state index is 2.53. The molecule has 0 saturated carbocycles. The Bertz CT molecular complexity index is 2070. The second-order valence-electron chi connectivity index (χ2n) is 11.7. The summed E-state index contributed by atoms with van der Waals surface area (Å²) >= 11 is 0. The third kappa shape index (κ3) is 2.42. The molecule has 0 heterocycles. The van der Waals surface area contributed by atoms with E-state index in [0.29, 0.717) is 0 Å². The predicted octanol–water partition coefficient (Wildman–Crippen LogP) is 9.12. The highest BCUT2D eigenvalue weighted by atomic mass is 14.3. The van der Waals surface area contributed by atoms with Gasteiger partial charge in [0.25, 0.3) is 0 Å². The first-order chi connectivity index (χ1) is 18.8. The third-order valence-electron chi connectivity index (χ3n) is 9.68. The molecular weight excluding hydrogens is 456 g/mol. The zero-order chi connectivity index (χ0) is 24.5. The van der Waals surface area contributed by atoms with Gasteiger partial charge < -0.3 is 0 Å². The molecule has 4 aliphatic rings. The Kier molecular flexibility index (Phi) is 3.47. The van der Waals surface area contributed by atoms with Crippen molar-refractivity contribution in [3.63, 3.8) is 0 Å². The standard InChI is InChI=1S/C38H24/c1-4-8-31-21(5-1)9-10-23-12-29-19-36-28(20-37(29)38(23)31)14-27-18-34-26(17-35(27)36)13-25-15-32-24(16-33(25)34)11-22-6-2-3-7-30(22)32/h1-10,15-20H,11-14H2. The predicted molar refractivity (Wildman–Crippen MR) is 157 cm³/mol. The van der Waals surface area contributed by atoms with Crippen molar-refractivity contribution in [2.24, 2.45) is 0 Å². The van der Waals surface area contributed by atoms with Crippen LogP contribution in [0.2, 0.25) is 0 Å². The van der Waals surface area contributed by atoms with Crippen LogP contribution in [0, 0.1) is 0 Å². The van der Waals surface area contributed by atoms with Crippen LogP contribution in [-0.4, -0.2) is 0 Å². The van der Waals surface area contributed by atoms with Crippen molar-refractivity contribution in [2.75, 3.05) is 0 Å². The molecular formula is C38H24. The molecule has 0 unspecified atom stereocenters. The van der Waals surface area contributed by atoms with Crippen molar-refractivity contribution in [2.45, 2.75) is 25.7 Å². The number of hydrogen-bond donors (Lipinski definition) is 0. The van der Waals surface area contributed by atoms with Gasteiger partial charge in [0.05, 0.1) is 0 Å². The van der Waals surface area contributed by atoms with Crippen LogP contribution in [-0.2, 0) is 25.7 Å². The van der Waals surface area contributed by atoms with Gasteiger partial charge in [-0.05, 0) is 162 Å². The lowest BCUT2D eigenvalue weighted by atomic mass is 9.94. The van der Waals surface area contributed by atoms with Crippen molar-refractivity contribution >= 4 is 10.8 Å². The molecule has 38 heavy (non-hydrogen) atoms. The second kappa shape index (κ2) is 6.71. The van der Waals surface area contributed by atoms with Gasteiger partial charge in [0.15, 0.2) is 0 Å².